The molecule has 3 heteroatoms. The predicted molar refractivity (Wildman–Crippen MR) is 72.6 cm³/mol. The average Bonchev–Trinajstić information content (AvgIpc) is 2.61. The van der Waals surface area contributed by atoms with Crippen LogP contribution in [0.2, 0.25) is 0 Å². The third-order valence-corrected chi connectivity index (χ3v) is 3.73. The van der Waals surface area contributed by atoms with Gasteiger partial charge in [0, 0.05) is 11.4 Å². The van der Waals surface area contributed by atoms with Gasteiger partial charge in [-0.1, -0.05) is 13.8 Å². The molecule has 92 valence electrons. The Morgan fingerprint density at radius 3 is 2.18 bits per heavy atom. The van der Waals surface area contributed by atoms with Gasteiger partial charge in [0.05, 0.1) is 11.4 Å². The van der Waals surface area contributed by atoms with Crippen molar-refractivity contribution in [3.8, 4) is 0 Å². The highest BCUT2D eigenvalue weighted by Gasteiger charge is 2.18. The zero-order chi connectivity index (χ0) is 12.9. The SMILES string of the molecule is Cc1nc2c(N)c(C)c(C)c(C)n2c1C(C)C. The Balaban J connectivity index is 3.02. The second kappa shape index (κ2) is 3.76. The van der Waals surface area contributed by atoms with Crippen LogP contribution in [-0.4, -0.2) is 9.38 Å². The van der Waals surface area contributed by atoms with Gasteiger partial charge in [-0.25, -0.2) is 4.98 Å². The lowest BCUT2D eigenvalue weighted by molar-refractivity contribution is 0.787. The molecule has 0 bridgehead atoms. The first-order chi connectivity index (χ1) is 7.86. The molecule has 0 saturated carbocycles. The van der Waals surface area contributed by atoms with E-state index >= 15 is 0 Å². The monoisotopic (exact) mass is 231 g/mol. The molecule has 0 unspecified atom stereocenters. The highest BCUT2D eigenvalue weighted by Crippen LogP contribution is 2.30. The molecule has 0 saturated heterocycles. The number of nitrogens with two attached hydrogens (primary N) is 1. The molecule has 0 aliphatic heterocycles. The summed E-state index contributed by atoms with van der Waals surface area (Å²) in [7, 11) is 0. The molecule has 17 heavy (non-hydrogen) atoms. The van der Waals surface area contributed by atoms with Crippen molar-refractivity contribution in [1.82, 2.24) is 9.38 Å². The van der Waals surface area contributed by atoms with E-state index in [0.717, 1.165) is 22.6 Å². The molecule has 2 rings (SSSR count). The number of fused-ring (bicyclic) bond motifs is 1. The average molecular weight is 231 g/mol. The number of hydrogen-bond donors (Lipinski definition) is 1. The van der Waals surface area contributed by atoms with Crippen LogP contribution in [0.5, 0.6) is 0 Å². The molecule has 2 heterocycles. The van der Waals surface area contributed by atoms with Crippen LogP contribution in [0.1, 0.15) is 48.0 Å². The molecule has 2 aromatic heterocycles. The largest absolute Gasteiger partial charge is 0.395 e. The molecular weight excluding hydrogens is 210 g/mol. The van der Waals surface area contributed by atoms with Gasteiger partial charge in [-0.05, 0) is 44.7 Å². The maximum Gasteiger partial charge on any atom is 0.161 e. The quantitative estimate of drug-likeness (QED) is 0.818. The molecule has 0 aliphatic carbocycles. The van der Waals surface area contributed by atoms with Gasteiger partial charge >= 0.3 is 0 Å². The summed E-state index contributed by atoms with van der Waals surface area (Å²) in [6.45, 7) is 12.8. The summed E-state index contributed by atoms with van der Waals surface area (Å²) in [5.74, 6) is 0.449. The van der Waals surface area contributed by atoms with E-state index in [0.29, 0.717) is 5.92 Å². The molecule has 0 fully saturated rings. The van der Waals surface area contributed by atoms with Crippen LogP contribution in [0.15, 0.2) is 0 Å². The summed E-state index contributed by atoms with van der Waals surface area (Å²) >= 11 is 0. The van der Waals surface area contributed by atoms with Crippen LogP contribution in [0.4, 0.5) is 5.69 Å². The fourth-order valence-electron chi connectivity index (χ4n) is 2.55. The Hall–Kier alpha value is -1.51. The fourth-order valence-corrected chi connectivity index (χ4v) is 2.55. The van der Waals surface area contributed by atoms with Gasteiger partial charge in [0.1, 0.15) is 0 Å². The molecule has 0 spiro atoms. The molecule has 3 nitrogen and oxygen atoms in total. The minimum atomic E-state index is 0.449. The van der Waals surface area contributed by atoms with E-state index in [2.05, 4.69) is 50.9 Å². The van der Waals surface area contributed by atoms with Crippen molar-refractivity contribution in [3.63, 3.8) is 0 Å². The third kappa shape index (κ3) is 1.53. The smallest absolute Gasteiger partial charge is 0.161 e. The van der Waals surface area contributed by atoms with E-state index in [1.807, 2.05) is 0 Å². The molecule has 0 atom stereocenters. The number of imidazole rings is 1. The first-order valence-electron chi connectivity index (χ1n) is 6.10. The van der Waals surface area contributed by atoms with Gasteiger partial charge in [0.2, 0.25) is 0 Å². The highest BCUT2D eigenvalue weighted by molar-refractivity contribution is 5.72. The Labute approximate surface area is 103 Å². The summed E-state index contributed by atoms with van der Waals surface area (Å²) in [5, 5.41) is 0. The number of nitrogen functional groups attached to an aromatic ring is 1. The molecule has 0 aromatic carbocycles. The van der Waals surface area contributed by atoms with Crippen LogP contribution in [0, 0.1) is 27.7 Å². The van der Waals surface area contributed by atoms with Crippen LogP contribution < -0.4 is 5.73 Å². The maximum atomic E-state index is 6.19. The lowest BCUT2D eigenvalue weighted by Crippen LogP contribution is -2.06. The van der Waals surface area contributed by atoms with Gasteiger partial charge in [0.25, 0.3) is 0 Å². The lowest BCUT2D eigenvalue weighted by atomic mass is 10.1. The molecule has 2 aromatic rings. The van der Waals surface area contributed by atoms with Crippen molar-refractivity contribution >= 4 is 11.3 Å². The Morgan fingerprint density at radius 2 is 1.65 bits per heavy atom. The second-order valence-electron chi connectivity index (χ2n) is 5.15. The van der Waals surface area contributed by atoms with Crippen molar-refractivity contribution < 1.29 is 0 Å². The minimum Gasteiger partial charge on any atom is -0.395 e. The number of anilines is 1. The summed E-state index contributed by atoms with van der Waals surface area (Å²) in [5.41, 5.74) is 13.9. The van der Waals surface area contributed by atoms with Crippen molar-refractivity contribution in [3.05, 3.63) is 28.2 Å². The highest BCUT2D eigenvalue weighted by atomic mass is 15.1. The first kappa shape index (κ1) is 12.0. The van der Waals surface area contributed by atoms with Crippen molar-refractivity contribution in [2.24, 2.45) is 0 Å². The number of rotatable bonds is 1. The number of aromatic nitrogens is 2. The van der Waals surface area contributed by atoms with Crippen molar-refractivity contribution in [1.29, 1.82) is 0 Å². The maximum absolute atomic E-state index is 6.19. The van der Waals surface area contributed by atoms with E-state index in [9.17, 15) is 0 Å². The van der Waals surface area contributed by atoms with E-state index in [4.69, 9.17) is 5.73 Å². The Bertz CT molecular complexity index is 592. The van der Waals surface area contributed by atoms with Crippen LogP contribution in [0.3, 0.4) is 0 Å². The number of hydrogen-bond acceptors (Lipinski definition) is 2. The topological polar surface area (TPSA) is 43.3 Å². The number of aryl methyl sites for hydroxylation is 2. The molecule has 2 N–H and O–H groups in total. The van der Waals surface area contributed by atoms with Gasteiger partial charge < -0.3 is 5.73 Å². The third-order valence-electron chi connectivity index (χ3n) is 3.73. The normalized spacial score (nSPS) is 11.7. The second-order valence-corrected chi connectivity index (χ2v) is 5.15. The summed E-state index contributed by atoms with van der Waals surface area (Å²) in [4.78, 5) is 4.63. The van der Waals surface area contributed by atoms with Gasteiger partial charge in [0.15, 0.2) is 5.65 Å². The van der Waals surface area contributed by atoms with Gasteiger partial charge in [-0.3, -0.25) is 4.40 Å². The minimum absolute atomic E-state index is 0.449. The van der Waals surface area contributed by atoms with Gasteiger partial charge in [-0.15, -0.1) is 0 Å². The first-order valence-corrected chi connectivity index (χ1v) is 6.10. The number of nitrogens with zero attached hydrogens (tertiary/aromatic N) is 2. The van der Waals surface area contributed by atoms with Gasteiger partial charge in [-0.2, -0.15) is 0 Å². The lowest BCUT2D eigenvalue weighted by Gasteiger charge is -2.15. The van der Waals surface area contributed by atoms with Crippen molar-refractivity contribution in [2.45, 2.75) is 47.5 Å². The Kier molecular flexibility index (Phi) is 2.64. The Morgan fingerprint density at radius 1 is 1.06 bits per heavy atom. The van der Waals surface area contributed by atoms with Crippen LogP contribution in [0.25, 0.3) is 5.65 Å². The standard InChI is InChI=1S/C14H21N3/c1-7(2)13-10(5)16-14-12(15)9(4)8(3)11(6)17(13)14/h7H,15H2,1-6H3. The zero-order valence-electron chi connectivity index (χ0n) is 11.5. The summed E-state index contributed by atoms with van der Waals surface area (Å²) < 4.78 is 2.22. The van der Waals surface area contributed by atoms with Crippen molar-refractivity contribution in [2.75, 3.05) is 5.73 Å². The number of pyridine rings is 1. The molecule has 0 radical (unpaired) electrons. The van der Waals surface area contributed by atoms with Crippen LogP contribution in [-0.2, 0) is 0 Å². The predicted octanol–water partition coefficient (Wildman–Crippen LogP) is 3.27. The van der Waals surface area contributed by atoms with E-state index in [1.54, 1.807) is 0 Å². The zero-order valence-corrected chi connectivity index (χ0v) is 11.5. The molecule has 0 amide bonds. The summed E-state index contributed by atoms with van der Waals surface area (Å²) in [6, 6.07) is 0. The van der Waals surface area contributed by atoms with E-state index in [1.165, 1.54) is 17.0 Å². The van der Waals surface area contributed by atoms with E-state index in [-0.39, 0.29) is 0 Å². The molecule has 0 aliphatic rings. The molecular formula is C14H21N3. The summed E-state index contributed by atoms with van der Waals surface area (Å²) in [6.07, 6.45) is 0. The fraction of sp³-hybridized carbons (Fsp3) is 0.500. The van der Waals surface area contributed by atoms with Crippen LogP contribution >= 0.6 is 0 Å². The van der Waals surface area contributed by atoms with E-state index < -0.39 is 0 Å².